The number of methoxy groups -OCH3 is 3. The van der Waals surface area contributed by atoms with Gasteiger partial charge in [-0.3, -0.25) is 0 Å². The molecule has 34 heavy (non-hydrogen) atoms. The first-order chi connectivity index (χ1) is 16.4. The number of hydrogen-bond donors (Lipinski definition) is 4. The first-order valence-electron chi connectivity index (χ1n) is 12.2. The molecule has 0 radical (unpaired) electrons. The van der Waals surface area contributed by atoms with Crippen LogP contribution in [0.2, 0.25) is 0 Å². The van der Waals surface area contributed by atoms with Gasteiger partial charge in [0, 0.05) is 27.9 Å². The highest BCUT2D eigenvalue weighted by atomic mass is 16.8. The van der Waals surface area contributed by atoms with Gasteiger partial charge in [-0.15, -0.1) is 0 Å². The second kappa shape index (κ2) is 15.6. The summed E-state index contributed by atoms with van der Waals surface area (Å²) in [6.45, 7) is 2.15. The Kier molecular flexibility index (Phi) is 13.7. The van der Waals surface area contributed by atoms with Crippen LogP contribution in [0.3, 0.4) is 0 Å². The summed E-state index contributed by atoms with van der Waals surface area (Å²) in [5.74, 6) is 0. The van der Waals surface area contributed by atoms with E-state index in [1.165, 1.54) is 39.9 Å². The van der Waals surface area contributed by atoms with Crippen LogP contribution in [0.1, 0.15) is 45.4 Å². The molecule has 4 N–H and O–H groups in total. The Morgan fingerprint density at radius 1 is 0.824 bits per heavy atom. The normalized spacial score (nSPS) is 35.6. The van der Waals surface area contributed by atoms with Gasteiger partial charge < -0.3 is 53.6 Å². The molecular formula is C23H44O11. The zero-order valence-corrected chi connectivity index (χ0v) is 20.8. The van der Waals surface area contributed by atoms with Crippen molar-refractivity contribution < 1.29 is 53.6 Å². The summed E-state index contributed by atoms with van der Waals surface area (Å²) in [4.78, 5) is 0. The molecule has 11 nitrogen and oxygen atoms in total. The van der Waals surface area contributed by atoms with Crippen molar-refractivity contribution in [3.63, 3.8) is 0 Å². The molecule has 2 aliphatic rings. The fourth-order valence-corrected chi connectivity index (χ4v) is 4.43. The van der Waals surface area contributed by atoms with E-state index in [1.807, 2.05) is 0 Å². The fraction of sp³-hybridized carbons (Fsp3) is 1.00. The van der Waals surface area contributed by atoms with Crippen LogP contribution in [-0.4, -0.2) is 123 Å². The fourth-order valence-electron chi connectivity index (χ4n) is 4.43. The molecule has 10 atom stereocenters. The first kappa shape index (κ1) is 29.8. The summed E-state index contributed by atoms with van der Waals surface area (Å²) in [7, 11) is 4.58. The van der Waals surface area contributed by atoms with Crippen LogP contribution < -0.4 is 0 Å². The molecule has 0 saturated carbocycles. The molecule has 0 aromatic heterocycles. The Bertz CT molecular complexity index is 539. The quantitative estimate of drug-likeness (QED) is 0.201. The summed E-state index contributed by atoms with van der Waals surface area (Å²) in [5, 5.41) is 39.6. The van der Waals surface area contributed by atoms with Crippen LogP contribution in [0.4, 0.5) is 0 Å². The zero-order valence-electron chi connectivity index (χ0n) is 20.8. The van der Waals surface area contributed by atoms with Gasteiger partial charge in [0.1, 0.15) is 48.8 Å². The molecule has 0 amide bonds. The smallest absolute Gasteiger partial charge is 0.187 e. The second-order valence-corrected chi connectivity index (χ2v) is 8.84. The first-order valence-corrected chi connectivity index (χ1v) is 12.2. The van der Waals surface area contributed by atoms with Gasteiger partial charge >= 0.3 is 0 Å². The summed E-state index contributed by atoms with van der Waals surface area (Å²) in [6, 6.07) is 0. The van der Waals surface area contributed by atoms with E-state index < -0.39 is 68.0 Å². The molecule has 0 spiro atoms. The molecule has 2 heterocycles. The molecule has 202 valence electrons. The van der Waals surface area contributed by atoms with Gasteiger partial charge in [-0.25, -0.2) is 0 Å². The lowest BCUT2D eigenvalue weighted by Gasteiger charge is -2.30. The lowest BCUT2D eigenvalue weighted by Crippen LogP contribution is -2.47. The van der Waals surface area contributed by atoms with Gasteiger partial charge in [-0.2, -0.15) is 0 Å². The van der Waals surface area contributed by atoms with Crippen LogP contribution in [-0.2, 0) is 33.2 Å². The number of ether oxygens (including phenoxy) is 7. The van der Waals surface area contributed by atoms with Gasteiger partial charge in [0.2, 0.25) is 0 Å². The zero-order chi connectivity index (χ0) is 25.1. The van der Waals surface area contributed by atoms with E-state index >= 15 is 0 Å². The summed E-state index contributed by atoms with van der Waals surface area (Å²) in [5.41, 5.74) is 0. The summed E-state index contributed by atoms with van der Waals surface area (Å²) < 4.78 is 40.1. The highest BCUT2D eigenvalue weighted by Gasteiger charge is 2.53. The maximum absolute atomic E-state index is 10.4. The van der Waals surface area contributed by atoms with Crippen molar-refractivity contribution in [1.82, 2.24) is 0 Å². The number of hydrogen-bond acceptors (Lipinski definition) is 11. The summed E-state index contributed by atoms with van der Waals surface area (Å²) >= 11 is 0. The van der Waals surface area contributed by atoms with E-state index in [0.717, 1.165) is 12.8 Å². The SMILES string of the molecule is CCCCCCCCO[C@@H]1O[C@@H](C(COC)OC2O[C@@H](C(O)CO)[C@H](O)[C@H]2O)[C@H](OC)[C@H]1OC. The Morgan fingerprint density at radius 3 is 2.09 bits per heavy atom. The molecule has 2 fully saturated rings. The van der Waals surface area contributed by atoms with Crippen molar-refractivity contribution in [1.29, 1.82) is 0 Å². The highest BCUT2D eigenvalue weighted by Crippen LogP contribution is 2.33. The predicted octanol–water partition coefficient (Wildman–Crippen LogP) is -0.0501. The second-order valence-electron chi connectivity index (χ2n) is 8.84. The van der Waals surface area contributed by atoms with Crippen LogP contribution >= 0.6 is 0 Å². The molecule has 0 aliphatic carbocycles. The van der Waals surface area contributed by atoms with E-state index in [4.69, 9.17) is 33.2 Å². The van der Waals surface area contributed by atoms with Gasteiger partial charge in [0.25, 0.3) is 0 Å². The van der Waals surface area contributed by atoms with Crippen LogP contribution in [0.15, 0.2) is 0 Å². The lowest BCUT2D eigenvalue weighted by molar-refractivity contribution is -0.245. The third kappa shape index (κ3) is 7.78. The average molecular weight is 497 g/mol. The highest BCUT2D eigenvalue weighted by molar-refractivity contribution is 4.96. The largest absolute Gasteiger partial charge is 0.394 e. The molecule has 11 heteroatoms. The molecule has 2 rings (SSSR count). The molecule has 0 bridgehead atoms. The summed E-state index contributed by atoms with van der Waals surface area (Å²) in [6.07, 6.45) is -3.07. The maximum Gasteiger partial charge on any atom is 0.187 e. The maximum atomic E-state index is 10.4. The van der Waals surface area contributed by atoms with E-state index in [0.29, 0.717) is 6.61 Å². The third-order valence-electron chi connectivity index (χ3n) is 6.36. The van der Waals surface area contributed by atoms with Crippen LogP contribution in [0.25, 0.3) is 0 Å². The van der Waals surface area contributed by atoms with E-state index in [1.54, 1.807) is 7.11 Å². The van der Waals surface area contributed by atoms with Gasteiger partial charge in [0.15, 0.2) is 12.6 Å². The minimum absolute atomic E-state index is 0.0704. The molecule has 2 aliphatic heterocycles. The van der Waals surface area contributed by atoms with E-state index in [2.05, 4.69) is 6.92 Å². The Balaban J connectivity index is 1.99. The van der Waals surface area contributed by atoms with Crippen molar-refractivity contribution in [2.24, 2.45) is 0 Å². The van der Waals surface area contributed by atoms with Crippen molar-refractivity contribution in [2.75, 3.05) is 41.2 Å². The van der Waals surface area contributed by atoms with E-state index in [9.17, 15) is 20.4 Å². The minimum atomic E-state index is -1.44. The van der Waals surface area contributed by atoms with Gasteiger partial charge in [-0.05, 0) is 6.42 Å². The Labute approximate surface area is 202 Å². The van der Waals surface area contributed by atoms with Crippen molar-refractivity contribution in [2.45, 2.75) is 107 Å². The van der Waals surface area contributed by atoms with Crippen molar-refractivity contribution in [3.05, 3.63) is 0 Å². The van der Waals surface area contributed by atoms with Crippen LogP contribution in [0, 0.1) is 0 Å². The van der Waals surface area contributed by atoms with Gasteiger partial charge in [-0.1, -0.05) is 39.0 Å². The van der Waals surface area contributed by atoms with Crippen LogP contribution in [0.5, 0.6) is 0 Å². The number of rotatable bonds is 17. The number of aliphatic hydroxyl groups is 4. The number of aliphatic hydroxyl groups excluding tert-OH is 4. The monoisotopic (exact) mass is 496 g/mol. The minimum Gasteiger partial charge on any atom is -0.394 e. The molecule has 2 saturated heterocycles. The molecule has 0 aromatic rings. The van der Waals surface area contributed by atoms with Gasteiger partial charge in [0.05, 0.1) is 13.2 Å². The molecule has 0 aromatic carbocycles. The number of unbranched alkanes of at least 4 members (excludes halogenated alkanes) is 5. The Hall–Kier alpha value is -0.440. The molecular weight excluding hydrogens is 452 g/mol. The lowest BCUT2D eigenvalue weighted by atomic mass is 10.0. The predicted molar refractivity (Wildman–Crippen MR) is 120 cm³/mol. The van der Waals surface area contributed by atoms with E-state index in [-0.39, 0.29) is 6.61 Å². The van der Waals surface area contributed by atoms with Crippen molar-refractivity contribution in [3.8, 4) is 0 Å². The Morgan fingerprint density at radius 2 is 1.47 bits per heavy atom. The van der Waals surface area contributed by atoms with Crippen molar-refractivity contribution >= 4 is 0 Å². The average Bonchev–Trinajstić information content (AvgIpc) is 3.34. The topological polar surface area (TPSA) is 146 Å². The standard InChI is InChI=1S/C23H44O11/c1-5-6-7-8-9-10-11-31-23-21(30-4)20(29-3)19(34-23)15(13-28-2)32-22-17(27)16(26)18(33-22)14(25)12-24/h14-27H,5-13H2,1-4H3/t14?,15?,16-,17-,18+,19+,20+,21-,22?,23-/m1/s1. The third-order valence-corrected chi connectivity index (χ3v) is 6.36. The molecule has 3 unspecified atom stereocenters.